The smallest absolute Gasteiger partial charge is 0.306 e. The van der Waals surface area contributed by atoms with Crippen LogP contribution in [0.5, 0.6) is 0 Å². The molecule has 0 radical (unpaired) electrons. The number of carbonyl (C=O) groups excluding carboxylic acids is 2. The Morgan fingerprint density at radius 1 is 0.471 bits per heavy atom. The molecule has 0 aromatic rings. The van der Waals surface area contributed by atoms with Crippen LogP contribution in [0.15, 0.2) is 72.9 Å². The molecule has 390 valence electrons. The van der Waals surface area contributed by atoms with E-state index in [1.165, 1.54) is 57.8 Å². The molecule has 0 bridgehead atoms. The van der Waals surface area contributed by atoms with Crippen LogP contribution in [0.3, 0.4) is 0 Å². The van der Waals surface area contributed by atoms with Crippen LogP contribution in [0, 0.1) is 0 Å². The van der Waals surface area contributed by atoms with Gasteiger partial charge in [0.15, 0.2) is 18.7 Å². The van der Waals surface area contributed by atoms with Crippen molar-refractivity contribution in [1.82, 2.24) is 0 Å². The summed E-state index contributed by atoms with van der Waals surface area (Å²) in [5.74, 6) is -1.05. The van der Waals surface area contributed by atoms with Crippen molar-refractivity contribution in [2.75, 3.05) is 26.4 Å². The third-order valence-electron chi connectivity index (χ3n) is 11.7. The number of aliphatic hydroxyl groups is 7. The van der Waals surface area contributed by atoms with Crippen LogP contribution in [0.1, 0.15) is 155 Å². The highest BCUT2D eigenvalue weighted by Gasteiger charge is 2.47. The summed E-state index contributed by atoms with van der Waals surface area (Å²) in [5.41, 5.74) is 0. The van der Waals surface area contributed by atoms with Gasteiger partial charge in [0.1, 0.15) is 55.4 Å². The summed E-state index contributed by atoms with van der Waals surface area (Å²) < 4.78 is 33.4. The van der Waals surface area contributed by atoms with Crippen molar-refractivity contribution in [2.24, 2.45) is 0 Å². The van der Waals surface area contributed by atoms with Crippen LogP contribution in [-0.4, -0.2) is 142 Å². The first-order chi connectivity index (χ1) is 33.0. The summed E-state index contributed by atoms with van der Waals surface area (Å²) in [7, 11) is 0. The standard InChI is InChI=1S/C53H88O15/c1-3-5-7-9-11-13-15-17-18-19-20-21-22-24-26-28-30-32-34-36-45(56)66-41(38-63-44(55)35-33-31-29-27-25-23-16-14-12-10-8-6-4-2)39-64-52-51(62)49(60)47(58)43(68-52)40-65-53-50(61)48(59)46(57)42(37-54)67-53/h11,13,17-18,20-21,23-26,30,32,41-43,46-54,57-62H,3-10,12,14-16,19,22,27-29,31,33-40H2,1-2H3/b13-11+,18-17+,21-20+,25-23+,26-24+,32-30+/t41-,42+,43+,46-,47-,48?,49?,50?,51?,52+,53+/m1/s1. The molecule has 2 saturated heterocycles. The zero-order chi connectivity index (χ0) is 49.6. The second-order valence-electron chi connectivity index (χ2n) is 17.6. The van der Waals surface area contributed by atoms with Crippen LogP contribution >= 0.6 is 0 Å². The van der Waals surface area contributed by atoms with E-state index in [0.717, 1.165) is 51.4 Å². The average Bonchev–Trinajstić information content (AvgIpc) is 3.33. The maximum absolute atomic E-state index is 13.0. The molecule has 2 aliphatic heterocycles. The van der Waals surface area contributed by atoms with Crippen molar-refractivity contribution in [2.45, 2.75) is 223 Å². The number of hydrogen-bond acceptors (Lipinski definition) is 15. The second-order valence-corrected chi connectivity index (χ2v) is 17.6. The van der Waals surface area contributed by atoms with Gasteiger partial charge >= 0.3 is 11.9 Å². The van der Waals surface area contributed by atoms with Gasteiger partial charge in [0.25, 0.3) is 0 Å². The number of hydrogen-bond donors (Lipinski definition) is 7. The van der Waals surface area contributed by atoms with Gasteiger partial charge in [0, 0.05) is 12.8 Å². The van der Waals surface area contributed by atoms with E-state index in [-0.39, 0.29) is 19.4 Å². The predicted octanol–water partition coefficient (Wildman–Crippen LogP) is 7.04. The summed E-state index contributed by atoms with van der Waals surface area (Å²) in [6.45, 7) is 2.44. The van der Waals surface area contributed by atoms with Gasteiger partial charge in [-0.1, -0.05) is 138 Å². The fraction of sp³-hybridized carbons (Fsp3) is 0.736. The lowest BCUT2D eigenvalue weighted by molar-refractivity contribution is -0.332. The Morgan fingerprint density at radius 2 is 0.912 bits per heavy atom. The molecule has 68 heavy (non-hydrogen) atoms. The van der Waals surface area contributed by atoms with Crippen LogP contribution < -0.4 is 0 Å². The quantitative estimate of drug-likeness (QED) is 0.0187. The molecule has 0 aromatic carbocycles. The number of unbranched alkanes of at least 4 members (excludes halogenated alkanes) is 12. The molecule has 0 aliphatic carbocycles. The largest absolute Gasteiger partial charge is 0.462 e. The first kappa shape index (κ1) is 61.1. The highest BCUT2D eigenvalue weighted by molar-refractivity contribution is 5.70. The summed E-state index contributed by atoms with van der Waals surface area (Å²) in [6.07, 6.45) is 29.5. The van der Waals surface area contributed by atoms with Crippen molar-refractivity contribution in [3.05, 3.63) is 72.9 Å². The summed E-state index contributed by atoms with van der Waals surface area (Å²) in [6, 6.07) is 0. The Labute approximate surface area is 406 Å². The lowest BCUT2D eigenvalue weighted by Gasteiger charge is -2.42. The van der Waals surface area contributed by atoms with Crippen LogP contribution in [0.2, 0.25) is 0 Å². The maximum Gasteiger partial charge on any atom is 0.306 e. The third kappa shape index (κ3) is 27.4. The first-order valence-electron chi connectivity index (χ1n) is 25.5. The summed E-state index contributed by atoms with van der Waals surface area (Å²) in [4.78, 5) is 25.7. The van der Waals surface area contributed by atoms with Gasteiger partial charge in [-0.05, 0) is 77.0 Å². The van der Waals surface area contributed by atoms with Gasteiger partial charge in [0.05, 0.1) is 19.8 Å². The molecule has 11 atom stereocenters. The number of allylic oxidation sites excluding steroid dienone is 12. The van der Waals surface area contributed by atoms with E-state index >= 15 is 0 Å². The molecule has 15 heteroatoms. The Balaban J connectivity index is 1.86. The molecule has 0 saturated carbocycles. The fourth-order valence-corrected chi connectivity index (χ4v) is 7.43. The van der Waals surface area contributed by atoms with Gasteiger partial charge in [0.2, 0.25) is 0 Å². The van der Waals surface area contributed by atoms with Crippen LogP contribution in [0.4, 0.5) is 0 Å². The van der Waals surface area contributed by atoms with Gasteiger partial charge in [-0.25, -0.2) is 0 Å². The van der Waals surface area contributed by atoms with E-state index < -0.39 is 99.3 Å². The highest BCUT2D eigenvalue weighted by Crippen LogP contribution is 2.26. The van der Waals surface area contributed by atoms with Gasteiger partial charge in [-0.3, -0.25) is 9.59 Å². The Kier molecular flexibility index (Phi) is 35.6. The maximum atomic E-state index is 13.0. The lowest BCUT2D eigenvalue weighted by Crippen LogP contribution is -2.61. The van der Waals surface area contributed by atoms with E-state index in [1.807, 2.05) is 12.2 Å². The van der Waals surface area contributed by atoms with Crippen molar-refractivity contribution in [3.63, 3.8) is 0 Å². The van der Waals surface area contributed by atoms with Crippen molar-refractivity contribution < 1.29 is 73.8 Å². The van der Waals surface area contributed by atoms with Gasteiger partial charge in [-0.2, -0.15) is 0 Å². The number of rotatable bonds is 38. The molecule has 2 rings (SSSR count). The first-order valence-corrected chi connectivity index (χ1v) is 25.5. The Morgan fingerprint density at radius 3 is 1.49 bits per heavy atom. The van der Waals surface area contributed by atoms with Crippen LogP contribution in [0.25, 0.3) is 0 Å². The lowest BCUT2D eigenvalue weighted by atomic mass is 9.98. The SMILES string of the molecule is CCCCC/C=C/C/C=C/C/C=C/C/C=C/C/C=C/CCC(=O)O[C@H](COC(=O)CCCCC/C=C/CCCCCCCC)CO[C@H]1O[C@@H](CO[C@H]2O[C@@H](CO)[C@@H](O)C(O)C2O)[C@@H](O)C(O)C1O. The summed E-state index contributed by atoms with van der Waals surface area (Å²) in [5, 5.41) is 72.0. The zero-order valence-corrected chi connectivity index (χ0v) is 41.1. The molecule has 15 nitrogen and oxygen atoms in total. The fourth-order valence-electron chi connectivity index (χ4n) is 7.43. The van der Waals surface area contributed by atoms with Crippen molar-refractivity contribution in [1.29, 1.82) is 0 Å². The van der Waals surface area contributed by atoms with E-state index in [4.69, 9.17) is 28.4 Å². The normalized spacial score (nSPS) is 26.4. The average molecular weight is 965 g/mol. The highest BCUT2D eigenvalue weighted by atomic mass is 16.7. The number of ether oxygens (including phenoxy) is 6. The zero-order valence-electron chi connectivity index (χ0n) is 41.1. The Bertz CT molecular complexity index is 1460. The van der Waals surface area contributed by atoms with Crippen LogP contribution in [-0.2, 0) is 38.0 Å². The minimum absolute atomic E-state index is 0.0355. The predicted molar refractivity (Wildman–Crippen MR) is 261 cm³/mol. The number of esters is 2. The second kappa shape index (κ2) is 39.6. The van der Waals surface area contributed by atoms with E-state index in [9.17, 15) is 45.3 Å². The molecule has 0 aromatic heterocycles. The monoisotopic (exact) mass is 965 g/mol. The number of carbonyl (C=O) groups is 2. The van der Waals surface area contributed by atoms with Gasteiger partial charge < -0.3 is 64.2 Å². The molecule has 0 amide bonds. The molecule has 7 N–H and O–H groups in total. The molecule has 2 heterocycles. The van der Waals surface area contributed by atoms with Crippen molar-refractivity contribution in [3.8, 4) is 0 Å². The molecule has 4 unspecified atom stereocenters. The summed E-state index contributed by atoms with van der Waals surface area (Å²) >= 11 is 0. The molecule has 0 spiro atoms. The molecule has 2 aliphatic rings. The van der Waals surface area contributed by atoms with Gasteiger partial charge in [-0.15, -0.1) is 0 Å². The van der Waals surface area contributed by atoms with E-state index in [1.54, 1.807) is 0 Å². The number of aliphatic hydroxyl groups excluding tert-OH is 7. The van der Waals surface area contributed by atoms with E-state index in [0.29, 0.717) is 19.3 Å². The van der Waals surface area contributed by atoms with E-state index in [2.05, 4.69) is 74.6 Å². The minimum atomic E-state index is -1.78. The molecular formula is C53H88O15. The minimum Gasteiger partial charge on any atom is -0.462 e. The topological polar surface area (TPSA) is 231 Å². The third-order valence-corrected chi connectivity index (χ3v) is 11.7. The van der Waals surface area contributed by atoms with Crippen molar-refractivity contribution >= 4 is 11.9 Å². The molecular weight excluding hydrogens is 877 g/mol. The Hall–Kier alpha value is -3.06. The molecule has 2 fully saturated rings.